The molecule has 1 aromatic carbocycles. The van der Waals surface area contributed by atoms with Crippen molar-refractivity contribution in [2.75, 3.05) is 26.2 Å². The van der Waals surface area contributed by atoms with Gasteiger partial charge in [-0.05, 0) is 6.07 Å². The first kappa shape index (κ1) is 11.5. The maximum atomic E-state index is 13.3. The van der Waals surface area contributed by atoms with Crippen LogP contribution in [-0.4, -0.2) is 32.3 Å². The van der Waals surface area contributed by atoms with E-state index in [-0.39, 0.29) is 11.9 Å². The molecule has 1 aliphatic heterocycles. The average Bonchev–Trinajstić information content (AvgIpc) is 2.33. The molecule has 2 N–H and O–H groups in total. The Morgan fingerprint density at radius 3 is 3.06 bits per heavy atom. The van der Waals surface area contributed by atoms with Gasteiger partial charge in [-0.2, -0.15) is 0 Å². The Hall–Kier alpha value is -0.970. The highest BCUT2D eigenvalue weighted by atomic mass is 19.1. The van der Waals surface area contributed by atoms with Crippen molar-refractivity contribution in [2.24, 2.45) is 0 Å². The first-order chi connectivity index (χ1) is 7.86. The highest BCUT2D eigenvalue weighted by Gasteiger charge is 2.12. The number of benzene rings is 1. The number of hydrogen-bond donors (Lipinski definition) is 2. The Bertz CT molecular complexity index is 327. The van der Waals surface area contributed by atoms with Crippen LogP contribution in [0, 0.1) is 5.82 Å². The van der Waals surface area contributed by atoms with E-state index in [0.717, 1.165) is 26.2 Å². The van der Waals surface area contributed by atoms with Crippen LogP contribution in [0.1, 0.15) is 5.56 Å². The largest absolute Gasteiger partial charge is 0.374 e. The lowest BCUT2D eigenvalue weighted by atomic mass is 10.2. The average molecular weight is 224 g/mol. The quantitative estimate of drug-likeness (QED) is 0.797. The third kappa shape index (κ3) is 3.27. The number of halogens is 1. The lowest BCUT2D eigenvalue weighted by Gasteiger charge is -2.23. The number of rotatable bonds is 4. The maximum Gasteiger partial charge on any atom is 0.127 e. The van der Waals surface area contributed by atoms with E-state index in [1.54, 1.807) is 12.1 Å². The van der Waals surface area contributed by atoms with Crippen molar-refractivity contribution >= 4 is 0 Å². The lowest BCUT2D eigenvalue weighted by molar-refractivity contribution is 0.0290. The SMILES string of the molecule is Fc1ccccc1CNCC1CNCCO1. The van der Waals surface area contributed by atoms with E-state index in [2.05, 4.69) is 10.6 Å². The van der Waals surface area contributed by atoms with Gasteiger partial charge in [0.2, 0.25) is 0 Å². The molecule has 88 valence electrons. The molecule has 1 aromatic rings. The predicted octanol–water partition coefficient (Wildman–Crippen LogP) is 0.904. The Morgan fingerprint density at radius 2 is 2.31 bits per heavy atom. The normalized spacial score (nSPS) is 20.9. The Balaban J connectivity index is 1.73. The van der Waals surface area contributed by atoms with Crippen molar-refractivity contribution in [3.8, 4) is 0 Å². The first-order valence-corrected chi connectivity index (χ1v) is 5.62. The zero-order chi connectivity index (χ0) is 11.2. The molecular formula is C12H17FN2O. The Labute approximate surface area is 95.0 Å². The molecule has 4 heteroatoms. The number of ether oxygens (including phenoxy) is 1. The summed E-state index contributed by atoms with van der Waals surface area (Å²) in [5.41, 5.74) is 0.700. The molecule has 0 spiro atoms. The van der Waals surface area contributed by atoms with Crippen LogP contribution in [0.5, 0.6) is 0 Å². The van der Waals surface area contributed by atoms with E-state index in [9.17, 15) is 4.39 Å². The van der Waals surface area contributed by atoms with E-state index >= 15 is 0 Å². The third-order valence-corrected chi connectivity index (χ3v) is 2.65. The molecule has 1 heterocycles. The minimum atomic E-state index is -0.155. The number of nitrogens with one attached hydrogen (secondary N) is 2. The highest BCUT2D eigenvalue weighted by molar-refractivity contribution is 5.16. The minimum absolute atomic E-state index is 0.155. The maximum absolute atomic E-state index is 13.3. The molecule has 1 atom stereocenters. The number of hydrogen-bond acceptors (Lipinski definition) is 3. The van der Waals surface area contributed by atoms with Gasteiger partial charge in [0.1, 0.15) is 5.82 Å². The van der Waals surface area contributed by atoms with Crippen LogP contribution in [0.15, 0.2) is 24.3 Å². The topological polar surface area (TPSA) is 33.3 Å². The van der Waals surface area contributed by atoms with Gasteiger partial charge in [-0.3, -0.25) is 0 Å². The van der Waals surface area contributed by atoms with Gasteiger partial charge in [0.25, 0.3) is 0 Å². The summed E-state index contributed by atoms with van der Waals surface area (Å²) in [7, 11) is 0. The molecule has 0 aromatic heterocycles. The second-order valence-electron chi connectivity index (χ2n) is 3.92. The fourth-order valence-electron chi connectivity index (χ4n) is 1.76. The van der Waals surface area contributed by atoms with Crippen LogP contribution in [-0.2, 0) is 11.3 Å². The van der Waals surface area contributed by atoms with Crippen molar-refractivity contribution in [1.29, 1.82) is 0 Å². The van der Waals surface area contributed by atoms with Crippen LogP contribution in [0.2, 0.25) is 0 Å². The predicted molar refractivity (Wildman–Crippen MR) is 60.7 cm³/mol. The third-order valence-electron chi connectivity index (χ3n) is 2.65. The molecule has 2 rings (SSSR count). The summed E-state index contributed by atoms with van der Waals surface area (Å²) in [6, 6.07) is 6.82. The standard InChI is InChI=1S/C12H17FN2O/c13-12-4-2-1-3-10(12)7-15-9-11-8-14-5-6-16-11/h1-4,11,14-15H,5-9H2. The van der Waals surface area contributed by atoms with Crippen LogP contribution in [0.4, 0.5) is 4.39 Å². The van der Waals surface area contributed by atoms with Crippen molar-refractivity contribution in [2.45, 2.75) is 12.6 Å². The highest BCUT2D eigenvalue weighted by Crippen LogP contribution is 2.05. The summed E-state index contributed by atoms with van der Waals surface area (Å²) in [4.78, 5) is 0. The summed E-state index contributed by atoms with van der Waals surface area (Å²) in [5, 5.41) is 6.46. The second kappa shape index (κ2) is 5.94. The van der Waals surface area contributed by atoms with Crippen LogP contribution in [0.25, 0.3) is 0 Å². The summed E-state index contributed by atoms with van der Waals surface area (Å²) < 4.78 is 18.8. The molecular weight excluding hydrogens is 207 g/mol. The Kier molecular flexibility index (Phi) is 4.27. The van der Waals surface area contributed by atoms with Gasteiger partial charge in [-0.15, -0.1) is 0 Å². The lowest BCUT2D eigenvalue weighted by Crippen LogP contribution is -2.43. The van der Waals surface area contributed by atoms with Gasteiger partial charge in [0.15, 0.2) is 0 Å². The fourth-order valence-corrected chi connectivity index (χ4v) is 1.76. The van der Waals surface area contributed by atoms with Crippen molar-refractivity contribution in [1.82, 2.24) is 10.6 Å². The van der Waals surface area contributed by atoms with Gasteiger partial charge in [-0.1, -0.05) is 18.2 Å². The zero-order valence-electron chi connectivity index (χ0n) is 9.21. The van der Waals surface area contributed by atoms with E-state index in [1.165, 1.54) is 6.07 Å². The van der Waals surface area contributed by atoms with Crippen molar-refractivity contribution in [3.63, 3.8) is 0 Å². The molecule has 0 aliphatic carbocycles. The van der Waals surface area contributed by atoms with E-state index in [4.69, 9.17) is 4.74 Å². The molecule has 0 saturated carbocycles. The van der Waals surface area contributed by atoms with Crippen LogP contribution in [0.3, 0.4) is 0 Å². The van der Waals surface area contributed by atoms with Gasteiger partial charge < -0.3 is 15.4 Å². The van der Waals surface area contributed by atoms with Gasteiger partial charge >= 0.3 is 0 Å². The van der Waals surface area contributed by atoms with Gasteiger partial charge in [-0.25, -0.2) is 4.39 Å². The van der Waals surface area contributed by atoms with Crippen LogP contribution >= 0.6 is 0 Å². The smallest absolute Gasteiger partial charge is 0.127 e. The summed E-state index contributed by atoms with van der Waals surface area (Å²) in [6.07, 6.45) is 0.195. The summed E-state index contributed by atoms with van der Waals surface area (Å²) in [5.74, 6) is -0.155. The molecule has 1 fully saturated rings. The first-order valence-electron chi connectivity index (χ1n) is 5.62. The van der Waals surface area contributed by atoms with Crippen molar-refractivity contribution in [3.05, 3.63) is 35.6 Å². The second-order valence-corrected chi connectivity index (χ2v) is 3.92. The molecule has 1 aliphatic rings. The van der Waals surface area contributed by atoms with Gasteiger partial charge in [0.05, 0.1) is 12.7 Å². The zero-order valence-corrected chi connectivity index (χ0v) is 9.21. The molecule has 1 saturated heterocycles. The van der Waals surface area contributed by atoms with E-state index in [1.807, 2.05) is 6.07 Å². The monoisotopic (exact) mass is 224 g/mol. The number of morpholine rings is 1. The molecule has 0 bridgehead atoms. The van der Waals surface area contributed by atoms with Crippen LogP contribution < -0.4 is 10.6 Å². The summed E-state index contributed by atoms with van der Waals surface area (Å²) >= 11 is 0. The molecule has 1 unspecified atom stereocenters. The van der Waals surface area contributed by atoms with E-state index < -0.39 is 0 Å². The summed E-state index contributed by atoms with van der Waals surface area (Å²) in [6.45, 7) is 3.84. The molecule has 0 radical (unpaired) electrons. The Morgan fingerprint density at radius 1 is 1.44 bits per heavy atom. The molecule has 3 nitrogen and oxygen atoms in total. The molecule has 0 amide bonds. The fraction of sp³-hybridized carbons (Fsp3) is 0.500. The van der Waals surface area contributed by atoms with Gasteiger partial charge in [0, 0.05) is 31.7 Å². The molecule has 16 heavy (non-hydrogen) atoms. The minimum Gasteiger partial charge on any atom is -0.374 e. The van der Waals surface area contributed by atoms with Crippen molar-refractivity contribution < 1.29 is 9.13 Å². The van der Waals surface area contributed by atoms with E-state index in [0.29, 0.717) is 12.1 Å².